The molecular formula is C29H49NO12S. The lowest BCUT2D eigenvalue weighted by atomic mass is 9.81. The zero-order valence-electron chi connectivity index (χ0n) is 26.1. The summed E-state index contributed by atoms with van der Waals surface area (Å²) in [6.45, 7) is 10.5. The van der Waals surface area contributed by atoms with Crippen LogP contribution in [-0.4, -0.2) is 105 Å². The number of hydrogen-bond donors (Lipinski definition) is 4. The van der Waals surface area contributed by atoms with Crippen molar-refractivity contribution in [3.63, 3.8) is 0 Å². The summed E-state index contributed by atoms with van der Waals surface area (Å²) >= 11 is 1.26. The van der Waals surface area contributed by atoms with Gasteiger partial charge in [0.15, 0.2) is 0 Å². The molecule has 1 aliphatic carbocycles. The Morgan fingerprint density at radius 3 is 1.81 bits per heavy atom. The maximum absolute atomic E-state index is 12.0. The van der Waals surface area contributed by atoms with Gasteiger partial charge in [0.25, 0.3) is 0 Å². The first-order valence-electron chi connectivity index (χ1n) is 14.6. The Morgan fingerprint density at radius 2 is 1.33 bits per heavy atom. The van der Waals surface area contributed by atoms with Crippen LogP contribution in [0.5, 0.6) is 0 Å². The fourth-order valence-corrected chi connectivity index (χ4v) is 5.03. The van der Waals surface area contributed by atoms with Crippen molar-refractivity contribution in [2.45, 2.75) is 97.6 Å². The van der Waals surface area contributed by atoms with Gasteiger partial charge in [-0.05, 0) is 59.8 Å². The van der Waals surface area contributed by atoms with Gasteiger partial charge in [-0.3, -0.25) is 28.9 Å². The molecule has 1 aliphatic heterocycles. The fourth-order valence-electron chi connectivity index (χ4n) is 3.94. The smallest absolute Gasteiger partial charge is 0.317 e. The Morgan fingerprint density at radius 1 is 0.814 bits per heavy atom. The maximum Gasteiger partial charge on any atom is 0.317 e. The largest absolute Gasteiger partial charge is 0.481 e. The Bertz CT molecular complexity index is 956. The van der Waals surface area contributed by atoms with E-state index >= 15 is 0 Å². The van der Waals surface area contributed by atoms with Crippen molar-refractivity contribution >= 4 is 41.6 Å². The third-order valence-electron chi connectivity index (χ3n) is 7.96. The number of nitrogens with zero attached hydrogens (tertiary/aromatic N) is 1. The molecule has 43 heavy (non-hydrogen) atoms. The van der Waals surface area contributed by atoms with Crippen LogP contribution in [0.1, 0.15) is 80.1 Å². The molecule has 1 saturated heterocycles. The highest BCUT2D eigenvalue weighted by atomic mass is 32.2. The second-order valence-electron chi connectivity index (χ2n) is 12.2. The van der Waals surface area contributed by atoms with Gasteiger partial charge in [-0.15, -0.1) is 11.8 Å². The molecular weight excluding hydrogens is 586 g/mol. The molecule has 13 nitrogen and oxygen atoms in total. The number of carbonyl (C=O) groups is 5. The molecule has 0 spiro atoms. The minimum Gasteiger partial charge on any atom is -0.481 e. The monoisotopic (exact) mass is 635 g/mol. The van der Waals surface area contributed by atoms with Crippen LogP contribution in [0.2, 0.25) is 0 Å². The van der Waals surface area contributed by atoms with Crippen LogP contribution in [0.4, 0.5) is 0 Å². The predicted molar refractivity (Wildman–Crippen MR) is 157 cm³/mol. The van der Waals surface area contributed by atoms with Crippen LogP contribution in [0.15, 0.2) is 0 Å². The number of carbonyl (C=O) groups excluding carboxylic acids is 3. The number of carboxylic acid groups (broad SMARTS) is 2. The van der Waals surface area contributed by atoms with E-state index in [1.807, 2.05) is 13.8 Å². The van der Waals surface area contributed by atoms with E-state index in [-0.39, 0.29) is 38.8 Å². The summed E-state index contributed by atoms with van der Waals surface area (Å²) in [5, 5.41) is 37.0. The third-order valence-corrected chi connectivity index (χ3v) is 9.19. The Kier molecular flexibility index (Phi) is 16.0. The number of ether oxygens (including phenoxy) is 3. The third kappa shape index (κ3) is 13.0. The Labute approximate surface area is 257 Å². The molecule has 5 atom stereocenters. The average Bonchev–Trinajstić information content (AvgIpc) is 3.48. The molecule has 0 amide bonds. The number of hydrogen-bond acceptors (Lipinski definition) is 12. The van der Waals surface area contributed by atoms with Gasteiger partial charge in [0.05, 0.1) is 22.7 Å². The van der Waals surface area contributed by atoms with E-state index in [0.717, 1.165) is 0 Å². The molecule has 5 unspecified atom stereocenters. The van der Waals surface area contributed by atoms with Gasteiger partial charge in [-0.25, -0.2) is 0 Å². The number of thioether (sulfide) groups is 1. The van der Waals surface area contributed by atoms with Crippen LogP contribution in [0, 0.1) is 22.7 Å². The first-order chi connectivity index (χ1) is 19.9. The molecule has 1 saturated carbocycles. The second-order valence-corrected chi connectivity index (χ2v) is 13.4. The van der Waals surface area contributed by atoms with Gasteiger partial charge in [-0.2, -0.15) is 0 Å². The van der Waals surface area contributed by atoms with Crippen LogP contribution < -0.4 is 0 Å². The summed E-state index contributed by atoms with van der Waals surface area (Å²) in [6, 6.07) is 0. The molecule has 2 aliphatic rings. The van der Waals surface area contributed by atoms with E-state index in [9.17, 15) is 34.2 Å². The van der Waals surface area contributed by atoms with E-state index in [1.54, 1.807) is 32.6 Å². The zero-order valence-corrected chi connectivity index (χ0v) is 26.9. The summed E-state index contributed by atoms with van der Waals surface area (Å²) in [5.74, 6) is -3.58. The minimum atomic E-state index is -1.09. The lowest BCUT2D eigenvalue weighted by molar-refractivity contribution is -0.162. The topological polar surface area (TPSA) is 197 Å². The number of aliphatic hydroxyl groups is 2. The number of aliphatic carboxylic acids is 2. The Hall–Kier alpha value is -2.42. The summed E-state index contributed by atoms with van der Waals surface area (Å²) < 4.78 is 15.2. The highest BCUT2D eigenvalue weighted by molar-refractivity contribution is 8.00. The van der Waals surface area contributed by atoms with Crippen molar-refractivity contribution < 1.29 is 58.6 Å². The fraction of sp³-hybridized carbons (Fsp3) is 0.828. The van der Waals surface area contributed by atoms with Crippen LogP contribution >= 0.6 is 11.8 Å². The molecule has 0 aromatic heterocycles. The van der Waals surface area contributed by atoms with Crippen molar-refractivity contribution in [1.82, 2.24) is 4.90 Å². The van der Waals surface area contributed by atoms with Gasteiger partial charge in [0.1, 0.15) is 37.4 Å². The van der Waals surface area contributed by atoms with E-state index < -0.39 is 64.1 Å². The lowest BCUT2D eigenvalue weighted by Gasteiger charge is -2.25. The number of rotatable bonds is 14. The van der Waals surface area contributed by atoms with E-state index in [2.05, 4.69) is 0 Å². The average molecular weight is 636 g/mol. The molecule has 4 N–H and O–H groups in total. The highest BCUT2D eigenvalue weighted by Gasteiger charge is 2.35. The van der Waals surface area contributed by atoms with Crippen molar-refractivity contribution in [3.05, 3.63) is 0 Å². The normalized spacial score (nSPS) is 22.4. The summed E-state index contributed by atoms with van der Waals surface area (Å²) in [5.41, 5.74) is -1.19. The van der Waals surface area contributed by atoms with E-state index in [0.29, 0.717) is 38.0 Å². The molecule has 0 aromatic rings. The summed E-state index contributed by atoms with van der Waals surface area (Å²) in [7, 11) is 0. The quantitative estimate of drug-likeness (QED) is 0.160. The predicted octanol–water partition coefficient (Wildman–Crippen LogP) is 2.50. The molecule has 2 rings (SSSR count). The van der Waals surface area contributed by atoms with Gasteiger partial charge >= 0.3 is 29.8 Å². The number of esters is 3. The van der Waals surface area contributed by atoms with Gasteiger partial charge in [0.2, 0.25) is 0 Å². The van der Waals surface area contributed by atoms with Crippen LogP contribution in [0.25, 0.3) is 0 Å². The van der Waals surface area contributed by atoms with Crippen molar-refractivity contribution in [1.29, 1.82) is 0 Å². The van der Waals surface area contributed by atoms with Crippen LogP contribution in [-0.2, 0) is 38.2 Å². The molecule has 0 aromatic carbocycles. The second kappa shape index (κ2) is 17.8. The first-order valence-corrected chi connectivity index (χ1v) is 15.7. The van der Waals surface area contributed by atoms with Crippen molar-refractivity contribution in [2.24, 2.45) is 22.7 Å². The SMILES string of the molecule is CCC(C)(C)C(=O)OCC(O)COC(=O)C1CCCC(C(=O)O)C1.CCC(C)(C)C(=O)OCC(O)N1CSC(C(=O)O)C1. The highest BCUT2D eigenvalue weighted by Crippen LogP contribution is 2.30. The van der Waals surface area contributed by atoms with Crippen LogP contribution in [0.3, 0.4) is 0 Å². The molecule has 0 radical (unpaired) electrons. The zero-order chi connectivity index (χ0) is 33.0. The van der Waals surface area contributed by atoms with Crippen molar-refractivity contribution in [2.75, 3.05) is 32.2 Å². The summed E-state index contributed by atoms with van der Waals surface area (Å²) in [6.07, 6.45) is 1.33. The van der Waals surface area contributed by atoms with E-state index in [4.69, 9.17) is 24.4 Å². The first kappa shape index (κ1) is 38.6. The van der Waals surface area contributed by atoms with E-state index in [1.165, 1.54) is 11.8 Å². The van der Waals surface area contributed by atoms with Gasteiger partial charge < -0.3 is 34.6 Å². The molecule has 1 heterocycles. The summed E-state index contributed by atoms with van der Waals surface area (Å²) in [4.78, 5) is 58.9. The lowest BCUT2D eigenvalue weighted by Crippen LogP contribution is -2.40. The standard InChI is InChI=1S/C17H28O7.C12H21NO5S/c1-4-17(2,3)16(22)24-10-13(18)9-23-15(21)12-7-5-6-11(8-12)14(19)20;1-4-12(2,3)11(17)18-6-9(14)13-5-8(10(15)16)19-7-13/h11-13,18H,4-10H2,1-3H3,(H,19,20);8-9,14H,4-7H2,1-3H3,(H,15,16). The maximum atomic E-state index is 12.0. The Balaban J connectivity index is 0.000000442. The number of carboxylic acids is 2. The van der Waals surface area contributed by atoms with Crippen molar-refractivity contribution in [3.8, 4) is 0 Å². The molecule has 0 bridgehead atoms. The molecule has 2 fully saturated rings. The number of aliphatic hydroxyl groups excluding tert-OH is 2. The van der Waals surface area contributed by atoms with Gasteiger partial charge in [0, 0.05) is 12.4 Å². The van der Waals surface area contributed by atoms with Gasteiger partial charge in [-0.1, -0.05) is 20.3 Å². The molecule has 14 heteroatoms. The minimum absolute atomic E-state index is 0.130. The molecule has 248 valence electrons.